The summed E-state index contributed by atoms with van der Waals surface area (Å²) in [6.45, 7) is 2.02. The Balaban J connectivity index is 2.47. The summed E-state index contributed by atoms with van der Waals surface area (Å²) in [5.41, 5.74) is 0. The molecule has 1 saturated carbocycles. The fraction of sp³-hybridized carbons (Fsp3) is 0.938. The van der Waals surface area contributed by atoms with Crippen LogP contribution in [0.4, 0.5) is 0 Å². The highest BCUT2D eigenvalue weighted by Crippen LogP contribution is 2.29. The largest absolute Gasteiger partial charge is 0.481 e. The number of hydrogen-bond donors (Lipinski definition) is 1. The zero-order chi connectivity index (χ0) is 13.2. The summed E-state index contributed by atoms with van der Waals surface area (Å²) in [5, 5.41) is 9.31. The first-order valence-corrected chi connectivity index (χ1v) is 7.98. The molecular formula is C16H30O2. The molecule has 0 amide bonds. The van der Waals surface area contributed by atoms with Gasteiger partial charge in [0, 0.05) is 0 Å². The van der Waals surface area contributed by atoms with Crippen molar-refractivity contribution in [1.29, 1.82) is 0 Å². The second kappa shape index (κ2) is 9.41. The lowest BCUT2D eigenvalue weighted by Gasteiger charge is -2.23. The van der Waals surface area contributed by atoms with E-state index in [-0.39, 0.29) is 5.92 Å². The van der Waals surface area contributed by atoms with Crippen molar-refractivity contribution in [2.24, 2.45) is 11.8 Å². The maximum Gasteiger partial charge on any atom is 0.306 e. The number of carboxylic acids is 1. The van der Waals surface area contributed by atoms with Crippen LogP contribution in [0.2, 0.25) is 0 Å². The Morgan fingerprint density at radius 2 is 1.33 bits per heavy atom. The fourth-order valence-corrected chi connectivity index (χ4v) is 3.31. The van der Waals surface area contributed by atoms with Crippen LogP contribution in [0.25, 0.3) is 0 Å². The van der Waals surface area contributed by atoms with Crippen LogP contribution in [-0.2, 0) is 4.79 Å². The van der Waals surface area contributed by atoms with Gasteiger partial charge < -0.3 is 5.11 Å². The Kier molecular flexibility index (Phi) is 8.11. The van der Waals surface area contributed by atoms with Crippen LogP contribution in [0.5, 0.6) is 0 Å². The Hall–Kier alpha value is -0.530. The predicted molar refractivity (Wildman–Crippen MR) is 75.7 cm³/mol. The van der Waals surface area contributed by atoms with E-state index in [2.05, 4.69) is 0 Å². The number of carboxylic acid groups (broad SMARTS) is 1. The standard InChI is InChI=1S/C16H30O2/c1-2-15(16(17)18)14-12-10-8-6-4-3-5-7-9-11-13-14/h14-15H,2-13H2,1H3,(H,17,18). The van der Waals surface area contributed by atoms with E-state index in [0.717, 1.165) is 19.3 Å². The zero-order valence-corrected chi connectivity index (χ0v) is 12.0. The molecule has 2 nitrogen and oxygen atoms in total. The van der Waals surface area contributed by atoms with Gasteiger partial charge >= 0.3 is 5.97 Å². The minimum Gasteiger partial charge on any atom is -0.481 e. The quantitative estimate of drug-likeness (QED) is 0.768. The lowest BCUT2D eigenvalue weighted by molar-refractivity contribution is -0.144. The van der Waals surface area contributed by atoms with Crippen LogP contribution >= 0.6 is 0 Å². The first-order chi connectivity index (χ1) is 8.75. The third kappa shape index (κ3) is 5.88. The molecule has 0 saturated heterocycles. The van der Waals surface area contributed by atoms with Gasteiger partial charge in [-0.3, -0.25) is 4.79 Å². The molecule has 1 aliphatic carbocycles. The molecule has 1 unspecified atom stereocenters. The lowest BCUT2D eigenvalue weighted by atomic mass is 9.82. The van der Waals surface area contributed by atoms with Gasteiger partial charge in [0.1, 0.15) is 0 Å². The van der Waals surface area contributed by atoms with Crippen LogP contribution in [-0.4, -0.2) is 11.1 Å². The number of hydrogen-bond acceptors (Lipinski definition) is 1. The third-order valence-electron chi connectivity index (χ3n) is 4.48. The lowest BCUT2D eigenvalue weighted by Crippen LogP contribution is -2.23. The van der Waals surface area contributed by atoms with E-state index in [9.17, 15) is 9.90 Å². The molecule has 18 heavy (non-hydrogen) atoms. The van der Waals surface area contributed by atoms with Crippen molar-refractivity contribution in [3.8, 4) is 0 Å². The summed E-state index contributed by atoms with van der Waals surface area (Å²) in [4.78, 5) is 11.3. The summed E-state index contributed by atoms with van der Waals surface area (Å²) < 4.78 is 0. The van der Waals surface area contributed by atoms with E-state index < -0.39 is 5.97 Å². The molecule has 0 aromatic heterocycles. The number of rotatable bonds is 3. The molecule has 1 aliphatic rings. The maximum atomic E-state index is 11.3. The zero-order valence-electron chi connectivity index (χ0n) is 12.0. The highest BCUT2D eigenvalue weighted by atomic mass is 16.4. The molecule has 0 bridgehead atoms. The smallest absolute Gasteiger partial charge is 0.306 e. The number of carbonyl (C=O) groups is 1. The molecule has 0 aromatic carbocycles. The molecular weight excluding hydrogens is 224 g/mol. The van der Waals surface area contributed by atoms with Crippen LogP contribution in [0.15, 0.2) is 0 Å². The summed E-state index contributed by atoms with van der Waals surface area (Å²) in [5.74, 6) is -0.255. The third-order valence-corrected chi connectivity index (χ3v) is 4.48. The normalized spacial score (nSPS) is 22.7. The van der Waals surface area contributed by atoms with Gasteiger partial charge in [0.25, 0.3) is 0 Å². The van der Waals surface area contributed by atoms with Gasteiger partial charge in [0.05, 0.1) is 5.92 Å². The second-order valence-corrected chi connectivity index (χ2v) is 5.87. The van der Waals surface area contributed by atoms with E-state index >= 15 is 0 Å². The van der Waals surface area contributed by atoms with Crippen molar-refractivity contribution in [2.45, 2.75) is 84.0 Å². The van der Waals surface area contributed by atoms with Crippen molar-refractivity contribution in [2.75, 3.05) is 0 Å². The second-order valence-electron chi connectivity index (χ2n) is 5.87. The molecule has 0 aromatic rings. The van der Waals surface area contributed by atoms with E-state index in [1.165, 1.54) is 57.8 Å². The van der Waals surface area contributed by atoms with Crippen molar-refractivity contribution < 1.29 is 9.90 Å². The van der Waals surface area contributed by atoms with Gasteiger partial charge in [-0.1, -0.05) is 64.7 Å². The molecule has 0 radical (unpaired) electrons. The van der Waals surface area contributed by atoms with E-state index in [1.807, 2.05) is 6.92 Å². The Morgan fingerprint density at radius 1 is 0.944 bits per heavy atom. The monoisotopic (exact) mass is 254 g/mol. The average Bonchev–Trinajstić information content (AvgIpc) is 2.32. The molecule has 0 aliphatic heterocycles. The molecule has 1 N–H and O–H groups in total. The Labute approximate surface area is 112 Å². The van der Waals surface area contributed by atoms with Crippen molar-refractivity contribution in [3.05, 3.63) is 0 Å². The summed E-state index contributed by atoms with van der Waals surface area (Å²) in [7, 11) is 0. The molecule has 1 rings (SSSR count). The minimum atomic E-state index is -0.574. The van der Waals surface area contributed by atoms with Gasteiger partial charge in [-0.05, 0) is 25.2 Å². The Morgan fingerprint density at radius 3 is 1.67 bits per heavy atom. The average molecular weight is 254 g/mol. The molecule has 0 spiro atoms. The van der Waals surface area contributed by atoms with Crippen LogP contribution in [0, 0.1) is 11.8 Å². The van der Waals surface area contributed by atoms with Gasteiger partial charge in [0.2, 0.25) is 0 Å². The highest BCUT2D eigenvalue weighted by molar-refractivity contribution is 5.70. The molecule has 1 atom stereocenters. The predicted octanol–water partition coefficient (Wildman–Crippen LogP) is 5.02. The van der Waals surface area contributed by atoms with E-state index in [1.54, 1.807) is 0 Å². The van der Waals surface area contributed by atoms with Crippen molar-refractivity contribution in [3.63, 3.8) is 0 Å². The SMILES string of the molecule is CCC(C(=O)O)C1CCCCCCCCCCC1. The summed E-state index contributed by atoms with van der Waals surface area (Å²) >= 11 is 0. The first kappa shape index (κ1) is 15.5. The van der Waals surface area contributed by atoms with Gasteiger partial charge in [0.15, 0.2) is 0 Å². The van der Waals surface area contributed by atoms with Gasteiger partial charge in [-0.2, -0.15) is 0 Å². The molecule has 1 fully saturated rings. The first-order valence-electron chi connectivity index (χ1n) is 7.98. The highest BCUT2D eigenvalue weighted by Gasteiger charge is 2.25. The van der Waals surface area contributed by atoms with E-state index in [0.29, 0.717) is 5.92 Å². The van der Waals surface area contributed by atoms with Gasteiger partial charge in [-0.25, -0.2) is 0 Å². The van der Waals surface area contributed by atoms with E-state index in [4.69, 9.17) is 0 Å². The molecule has 2 heteroatoms. The summed E-state index contributed by atoms with van der Waals surface area (Å²) in [6, 6.07) is 0. The van der Waals surface area contributed by atoms with Gasteiger partial charge in [-0.15, -0.1) is 0 Å². The minimum absolute atomic E-state index is 0.104. The number of aliphatic carboxylic acids is 1. The van der Waals surface area contributed by atoms with Crippen LogP contribution in [0.1, 0.15) is 84.0 Å². The fourth-order valence-electron chi connectivity index (χ4n) is 3.31. The molecule has 106 valence electrons. The summed E-state index contributed by atoms with van der Waals surface area (Å²) in [6.07, 6.45) is 14.9. The van der Waals surface area contributed by atoms with Crippen LogP contribution in [0.3, 0.4) is 0 Å². The molecule has 0 heterocycles. The van der Waals surface area contributed by atoms with Crippen molar-refractivity contribution in [1.82, 2.24) is 0 Å². The maximum absolute atomic E-state index is 11.3. The van der Waals surface area contributed by atoms with Crippen molar-refractivity contribution >= 4 is 5.97 Å². The van der Waals surface area contributed by atoms with Crippen LogP contribution < -0.4 is 0 Å². The Bertz CT molecular complexity index is 213. The topological polar surface area (TPSA) is 37.3 Å².